The second-order valence-electron chi connectivity index (χ2n) is 7.89. The molecule has 2 fully saturated rings. The number of ether oxygens (including phenoxy) is 1. The van der Waals surface area contributed by atoms with E-state index in [4.69, 9.17) is 16.3 Å². The lowest BCUT2D eigenvalue weighted by molar-refractivity contribution is -0.135. The molecule has 0 unspecified atom stereocenters. The summed E-state index contributed by atoms with van der Waals surface area (Å²) in [7, 11) is 0. The van der Waals surface area contributed by atoms with Crippen molar-refractivity contribution >= 4 is 29.1 Å². The Morgan fingerprint density at radius 2 is 2.03 bits per heavy atom. The van der Waals surface area contributed by atoms with Crippen LogP contribution in [0.2, 0.25) is 5.02 Å². The van der Waals surface area contributed by atoms with Gasteiger partial charge in [-0.05, 0) is 30.2 Å². The van der Waals surface area contributed by atoms with Crippen molar-refractivity contribution in [1.82, 2.24) is 4.90 Å². The van der Waals surface area contributed by atoms with E-state index in [1.807, 2.05) is 35.3 Å². The first-order valence-corrected chi connectivity index (χ1v) is 10.2. The van der Waals surface area contributed by atoms with Crippen LogP contribution in [0, 0.1) is 11.8 Å². The minimum atomic E-state index is -0.686. The number of nitrogens with one attached hydrogen (secondary N) is 1. The Morgan fingerprint density at radius 3 is 2.83 bits per heavy atom. The molecular formula is C23H21ClN2O3. The van der Waals surface area contributed by atoms with Gasteiger partial charge in [0.1, 0.15) is 5.60 Å². The summed E-state index contributed by atoms with van der Waals surface area (Å²) in [5.74, 6) is -1.22. The zero-order chi connectivity index (χ0) is 20.0. The van der Waals surface area contributed by atoms with Crippen molar-refractivity contribution in [3.05, 3.63) is 77.3 Å². The smallest absolute Gasteiger partial charge is 0.231 e. The summed E-state index contributed by atoms with van der Waals surface area (Å²) in [6.45, 7) is 1.11. The predicted octanol–water partition coefficient (Wildman–Crippen LogP) is 3.30. The van der Waals surface area contributed by atoms with Crippen LogP contribution in [0.1, 0.15) is 5.56 Å². The molecule has 1 spiro atoms. The molecule has 29 heavy (non-hydrogen) atoms. The van der Waals surface area contributed by atoms with Crippen molar-refractivity contribution in [2.75, 3.05) is 18.4 Å². The van der Waals surface area contributed by atoms with Gasteiger partial charge < -0.3 is 15.0 Å². The highest BCUT2D eigenvalue weighted by Crippen LogP contribution is 2.52. The van der Waals surface area contributed by atoms with Crippen LogP contribution in [0.4, 0.5) is 5.69 Å². The van der Waals surface area contributed by atoms with Crippen molar-refractivity contribution in [2.45, 2.75) is 18.1 Å². The summed E-state index contributed by atoms with van der Waals surface area (Å²) in [6.07, 6.45) is 4.32. The third-order valence-corrected chi connectivity index (χ3v) is 6.32. The van der Waals surface area contributed by atoms with Crippen LogP contribution in [0.5, 0.6) is 0 Å². The Balaban J connectivity index is 1.33. The summed E-state index contributed by atoms with van der Waals surface area (Å²) in [5, 5.41) is 3.45. The number of rotatable bonds is 5. The van der Waals surface area contributed by atoms with E-state index in [1.54, 1.807) is 24.3 Å². The van der Waals surface area contributed by atoms with Gasteiger partial charge in [-0.1, -0.05) is 60.2 Å². The molecule has 2 aromatic carbocycles. The van der Waals surface area contributed by atoms with Crippen LogP contribution in [0.15, 0.2) is 66.7 Å². The monoisotopic (exact) mass is 408 g/mol. The number of carbonyl (C=O) groups excluding carboxylic acids is 2. The van der Waals surface area contributed by atoms with Gasteiger partial charge in [0.2, 0.25) is 11.8 Å². The molecule has 3 aliphatic rings. The minimum absolute atomic E-state index is 0.000903. The molecule has 4 atom stereocenters. The number of likely N-dealkylation sites (tertiary alicyclic amines) is 1. The number of halogens is 1. The average molecular weight is 409 g/mol. The molecule has 3 heterocycles. The molecule has 1 N–H and O–H groups in total. The maximum Gasteiger partial charge on any atom is 0.231 e. The Bertz CT molecular complexity index is 993. The van der Waals surface area contributed by atoms with Crippen molar-refractivity contribution in [2.24, 2.45) is 11.8 Å². The topological polar surface area (TPSA) is 58.6 Å². The number of hydrogen-bond acceptors (Lipinski definition) is 3. The van der Waals surface area contributed by atoms with E-state index in [0.717, 1.165) is 6.42 Å². The highest BCUT2D eigenvalue weighted by atomic mass is 35.5. The number of anilines is 1. The van der Waals surface area contributed by atoms with Gasteiger partial charge in [0, 0.05) is 17.3 Å². The summed E-state index contributed by atoms with van der Waals surface area (Å²) >= 11 is 6.02. The standard InChI is InChI=1S/C23H21ClN2O3/c24-16-7-4-8-17(13-16)25-21(27)19-18-9-11-23(29-18)14-26(22(28)20(19)23)12-10-15-5-2-1-3-6-15/h1-9,11,13,18-20H,10,12,14H2,(H,25,27)/t18-,19-,20+,23+/m1/s1. The van der Waals surface area contributed by atoms with Gasteiger partial charge in [0.25, 0.3) is 0 Å². The number of fused-ring (bicyclic) bond motifs is 1. The minimum Gasteiger partial charge on any atom is -0.360 e. The quantitative estimate of drug-likeness (QED) is 0.772. The fourth-order valence-corrected chi connectivity index (χ4v) is 4.96. The molecule has 2 aromatic rings. The van der Waals surface area contributed by atoms with Gasteiger partial charge in [-0.3, -0.25) is 9.59 Å². The Kier molecular flexibility index (Phi) is 4.45. The first-order valence-electron chi connectivity index (χ1n) is 9.82. The number of amides is 2. The second kappa shape index (κ2) is 7.01. The van der Waals surface area contributed by atoms with Gasteiger partial charge in [-0.2, -0.15) is 0 Å². The second-order valence-corrected chi connectivity index (χ2v) is 8.33. The lowest BCUT2D eigenvalue weighted by Crippen LogP contribution is -2.41. The number of nitrogens with zero attached hydrogens (tertiary/aromatic N) is 1. The maximum atomic E-state index is 13.2. The fraction of sp³-hybridized carbons (Fsp3) is 0.304. The molecule has 3 aliphatic heterocycles. The van der Waals surface area contributed by atoms with Crippen molar-refractivity contribution < 1.29 is 14.3 Å². The summed E-state index contributed by atoms with van der Waals surface area (Å²) in [4.78, 5) is 28.1. The van der Waals surface area contributed by atoms with Gasteiger partial charge in [-0.25, -0.2) is 0 Å². The van der Waals surface area contributed by atoms with Crippen LogP contribution in [0.3, 0.4) is 0 Å². The lowest BCUT2D eigenvalue weighted by atomic mass is 9.77. The summed E-state index contributed by atoms with van der Waals surface area (Å²) < 4.78 is 6.17. The van der Waals surface area contributed by atoms with E-state index in [9.17, 15) is 9.59 Å². The van der Waals surface area contributed by atoms with Crippen LogP contribution < -0.4 is 5.32 Å². The predicted molar refractivity (Wildman–Crippen MR) is 111 cm³/mol. The normalized spacial score (nSPS) is 29.3. The van der Waals surface area contributed by atoms with E-state index < -0.39 is 17.4 Å². The van der Waals surface area contributed by atoms with E-state index in [2.05, 4.69) is 17.4 Å². The highest BCUT2D eigenvalue weighted by Gasteiger charge is 2.66. The molecule has 2 saturated heterocycles. The third-order valence-electron chi connectivity index (χ3n) is 6.09. The molecule has 148 valence electrons. The van der Waals surface area contributed by atoms with E-state index in [-0.39, 0.29) is 17.9 Å². The van der Waals surface area contributed by atoms with Gasteiger partial charge in [-0.15, -0.1) is 0 Å². The summed E-state index contributed by atoms with van der Waals surface area (Å²) in [6, 6.07) is 17.1. The SMILES string of the molecule is O=C(Nc1cccc(Cl)c1)[C@H]1[C@H]2C(=O)N(CCc3ccccc3)C[C@@]23C=C[C@H]1O3. The number of carbonyl (C=O) groups is 2. The molecule has 0 radical (unpaired) electrons. The molecule has 0 aliphatic carbocycles. The summed E-state index contributed by atoms with van der Waals surface area (Å²) in [5.41, 5.74) is 1.12. The molecule has 2 amide bonds. The molecule has 0 aromatic heterocycles. The Labute approximate surface area is 174 Å². The fourth-order valence-electron chi connectivity index (χ4n) is 4.77. The number of benzene rings is 2. The van der Waals surface area contributed by atoms with E-state index >= 15 is 0 Å². The molecule has 2 bridgehead atoms. The molecule has 5 nitrogen and oxygen atoms in total. The molecule has 5 rings (SSSR count). The largest absolute Gasteiger partial charge is 0.360 e. The van der Waals surface area contributed by atoms with Gasteiger partial charge in [0.15, 0.2) is 0 Å². The molecule has 6 heteroatoms. The zero-order valence-corrected chi connectivity index (χ0v) is 16.5. The van der Waals surface area contributed by atoms with E-state index in [0.29, 0.717) is 23.8 Å². The van der Waals surface area contributed by atoms with Crippen LogP contribution in [-0.2, 0) is 20.7 Å². The van der Waals surface area contributed by atoms with Crippen LogP contribution >= 0.6 is 11.6 Å². The Morgan fingerprint density at radius 1 is 1.21 bits per heavy atom. The third kappa shape index (κ3) is 3.15. The maximum absolute atomic E-state index is 13.2. The lowest BCUT2D eigenvalue weighted by Gasteiger charge is -2.23. The van der Waals surface area contributed by atoms with Crippen molar-refractivity contribution in [3.63, 3.8) is 0 Å². The average Bonchev–Trinajstić information content (AvgIpc) is 3.35. The zero-order valence-electron chi connectivity index (χ0n) is 15.8. The van der Waals surface area contributed by atoms with Crippen molar-refractivity contribution in [1.29, 1.82) is 0 Å². The first kappa shape index (κ1) is 18.4. The van der Waals surface area contributed by atoms with Crippen LogP contribution in [0.25, 0.3) is 0 Å². The van der Waals surface area contributed by atoms with Gasteiger partial charge in [0.05, 0.1) is 24.5 Å². The van der Waals surface area contributed by atoms with Crippen molar-refractivity contribution in [3.8, 4) is 0 Å². The number of hydrogen-bond donors (Lipinski definition) is 1. The first-order chi connectivity index (χ1) is 14.1. The van der Waals surface area contributed by atoms with Crippen LogP contribution in [-0.4, -0.2) is 41.5 Å². The molecule has 0 saturated carbocycles. The molecular weight excluding hydrogens is 388 g/mol. The van der Waals surface area contributed by atoms with Gasteiger partial charge >= 0.3 is 0 Å². The highest BCUT2D eigenvalue weighted by molar-refractivity contribution is 6.30. The Hall–Kier alpha value is -2.63. The van der Waals surface area contributed by atoms with E-state index in [1.165, 1.54) is 5.56 Å².